The third kappa shape index (κ3) is 2.24. The number of nitrogens with one attached hydrogen (secondary N) is 1. The molecule has 0 unspecified atom stereocenters. The van der Waals surface area contributed by atoms with E-state index in [4.69, 9.17) is 4.42 Å². The lowest BCUT2D eigenvalue weighted by atomic mass is 9.99. The fourth-order valence-corrected chi connectivity index (χ4v) is 4.06. The van der Waals surface area contributed by atoms with E-state index in [1.54, 1.807) is 6.33 Å². The number of nitrogens with zero attached hydrogens (tertiary/aromatic N) is 4. The highest BCUT2D eigenvalue weighted by atomic mass is 16.3. The van der Waals surface area contributed by atoms with Crippen LogP contribution in [0.15, 0.2) is 65.6 Å². The van der Waals surface area contributed by atoms with Gasteiger partial charge in [-0.3, -0.25) is 0 Å². The summed E-state index contributed by atoms with van der Waals surface area (Å²) in [5.74, 6) is 0.858. The summed E-state index contributed by atoms with van der Waals surface area (Å²) in [6.45, 7) is 1.66. The van der Waals surface area contributed by atoms with Gasteiger partial charge < -0.3 is 14.3 Å². The van der Waals surface area contributed by atoms with Gasteiger partial charge in [-0.25, -0.2) is 15.0 Å². The Labute approximate surface area is 160 Å². The van der Waals surface area contributed by atoms with E-state index in [0.717, 1.165) is 53.0 Å². The molecule has 1 N–H and O–H groups in total. The monoisotopic (exact) mass is 367 g/mol. The first kappa shape index (κ1) is 15.4. The number of aromatic nitrogens is 4. The number of rotatable bonds is 2. The van der Waals surface area contributed by atoms with Crippen LogP contribution >= 0.6 is 0 Å². The fourth-order valence-electron chi connectivity index (χ4n) is 4.06. The van der Waals surface area contributed by atoms with Gasteiger partial charge >= 0.3 is 0 Å². The number of anilines is 1. The van der Waals surface area contributed by atoms with E-state index >= 15 is 0 Å². The summed E-state index contributed by atoms with van der Waals surface area (Å²) in [4.78, 5) is 18.9. The summed E-state index contributed by atoms with van der Waals surface area (Å²) in [5, 5.41) is 2.20. The Hall–Kier alpha value is -3.67. The highest BCUT2D eigenvalue weighted by Gasteiger charge is 2.21. The van der Waals surface area contributed by atoms with Crippen LogP contribution in [-0.4, -0.2) is 33.0 Å². The normalized spacial score (nSPS) is 14.9. The number of aromatic amines is 1. The van der Waals surface area contributed by atoms with E-state index in [0.29, 0.717) is 0 Å². The molecule has 0 bridgehead atoms. The Morgan fingerprint density at radius 3 is 2.86 bits per heavy atom. The first-order valence-corrected chi connectivity index (χ1v) is 9.37. The van der Waals surface area contributed by atoms with Crippen LogP contribution in [0.25, 0.3) is 38.7 Å². The maximum atomic E-state index is 6.09. The van der Waals surface area contributed by atoms with Gasteiger partial charge in [0.1, 0.15) is 23.1 Å². The van der Waals surface area contributed by atoms with Crippen molar-refractivity contribution in [1.29, 1.82) is 0 Å². The third-order valence-electron chi connectivity index (χ3n) is 5.44. The molecule has 0 aliphatic carbocycles. The van der Waals surface area contributed by atoms with Crippen molar-refractivity contribution in [1.82, 2.24) is 19.9 Å². The summed E-state index contributed by atoms with van der Waals surface area (Å²) in [5.41, 5.74) is 5.99. The molecule has 6 nitrogen and oxygen atoms in total. The zero-order chi connectivity index (χ0) is 18.5. The maximum absolute atomic E-state index is 6.09. The minimum atomic E-state index is 0.761. The molecule has 0 saturated heterocycles. The second-order valence-corrected chi connectivity index (χ2v) is 7.00. The van der Waals surface area contributed by atoms with E-state index < -0.39 is 0 Å². The molecule has 0 amide bonds. The SMILES string of the molecule is C1=C(c2c[nH]c3ncccc23)CCN(c2ncnc3c2oc2ccccc23)C1. The largest absolute Gasteiger partial charge is 0.450 e. The zero-order valence-corrected chi connectivity index (χ0v) is 15.1. The van der Waals surface area contributed by atoms with Gasteiger partial charge in [-0.2, -0.15) is 0 Å². The number of para-hydroxylation sites is 1. The Kier molecular flexibility index (Phi) is 3.25. The molecule has 1 aromatic carbocycles. The molecule has 28 heavy (non-hydrogen) atoms. The van der Waals surface area contributed by atoms with Gasteiger partial charge in [0.2, 0.25) is 0 Å². The van der Waals surface area contributed by atoms with Crippen LogP contribution in [0.4, 0.5) is 5.82 Å². The van der Waals surface area contributed by atoms with Crippen molar-refractivity contribution >= 4 is 44.5 Å². The Morgan fingerprint density at radius 1 is 1.00 bits per heavy atom. The van der Waals surface area contributed by atoms with Crippen LogP contribution in [0.2, 0.25) is 0 Å². The second-order valence-electron chi connectivity index (χ2n) is 7.00. The summed E-state index contributed by atoms with van der Waals surface area (Å²) in [6.07, 6.45) is 8.71. The molecule has 0 fully saturated rings. The van der Waals surface area contributed by atoms with Crippen LogP contribution in [0.5, 0.6) is 0 Å². The predicted molar refractivity (Wildman–Crippen MR) is 110 cm³/mol. The molecule has 6 heteroatoms. The topological polar surface area (TPSA) is 70.8 Å². The van der Waals surface area contributed by atoms with Gasteiger partial charge in [0, 0.05) is 41.8 Å². The lowest BCUT2D eigenvalue weighted by Crippen LogP contribution is -2.29. The summed E-state index contributed by atoms with van der Waals surface area (Å²) in [7, 11) is 0. The number of furan rings is 1. The predicted octanol–water partition coefficient (Wildman–Crippen LogP) is 4.55. The minimum Gasteiger partial charge on any atom is -0.450 e. The number of H-pyrrole nitrogens is 1. The maximum Gasteiger partial charge on any atom is 0.196 e. The third-order valence-corrected chi connectivity index (χ3v) is 5.44. The Morgan fingerprint density at radius 2 is 1.93 bits per heavy atom. The quantitative estimate of drug-likeness (QED) is 0.496. The van der Waals surface area contributed by atoms with Crippen LogP contribution in [0.1, 0.15) is 12.0 Å². The van der Waals surface area contributed by atoms with Crippen molar-refractivity contribution in [3.8, 4) is 0 Å². The molecule has 0 saturated carbocycles. The van der Waals surface area contributed by atoms with E-state index in [1.165, 1.54) is 16.5 Å². The molecule has 1 aliphatic heterocycles. The number of benzene rings is 1. The van der Waals surface area contributed by atoms with Crippen molar-refractivity contribution in [2.75, 3.05) is 18.0 Å². The average molecular weight is 367 g/mol. The lowest BCUT2D eigenvalue weighted by molar-refractivity contribution is 0.660. The number of pyridine rings is 1. The second kappa shape index (κ2) is 5.92. The van der Waals surface area contributed by atoms with Gasteiger partial charge in [0.05, 0.1) is 0 Å². The minimum absolute atomic E-state index is 0.761. The molecular weight excluding hydrogens is 350 g/mol. The number of fused-ring (bicyclic) bond motifs is 4. The first-order valence-electron chi connectivity index (χ1n) is 9.37. The van der Waals surface area contributed by atoms with Crippen LogP contribution in [-0.2, 0) is 0 Å². The van der Waals surface area contributed by atoms with Crippen molar-refractivity contribution in [3.63, 3.8) is 0 Å². The average Bonchev–Trinajstić information content (AvgIpc) is 3.35. The van der Waals surface area contributed by atoms with Crippen molar-refractivity contribution in [3.05, 3.63) is 66.8 Å². The van der Waals surface area contributed by atoms with Crippen molar-refractivity contribution in [2.24, 2.45) is 0 Å². The highest BCUT2D eigenvalue weighted by Crippen LogP contribution is 2.34. The first-order chi connectivity index (χ1) is 13.9. The summed E-state index contributed by atoms with van der Waals surface area (Å²) < 4.78 is 6.09. The molecule has 1 aliphatic rings. The van der Waals surface area contributed by atoms with Crippen molar-refractivity contribution in [2.45, 2.75) is 6.42 Å². The summed E-state index contributed by atoms with van der Waals surface area (Å²) >= 11 is 0. The molecule has 5 aromatic rings. The Bertz CT molecular complexity index is 1360. The van der Waals surface area contributed by atoms with E-state index in [-0.39, 0.29) is 0 Å². The zero-order valence-electron chi connectivity index (χ0n) is 15.1. The van der Waals surface area contributed by atoms with Crippen LogP contribution in [0.3, 0.4) is 0 Å². The summed E-state index contributed by atoms with van der Waals surface area (Å²) in [6, 6.07) is 12.1. The van der Waals surface area contributed by atoms with Crippen LogP contribution in [0, 0.1) is 0 Å². The van der Waals surface area contributed by atoms with Crippen LogP contribution < -0.4 is 4.90 Å². The van der Waals surface area contributed by atoms with Gasteiger partial charge in [0.15, 0.2) is 11.4 Å². The van der Waals surface area contributed by atoms with E-state index in [1.807, 2.05) is 36.5 Å². The smallest absolute Gasteiger partial charge is 0.196 e. The standard InChI is InChI=1S/C22H17N5O/c1-2-6-18-16(4-1)19-20(28-18)22(26-13-25-19)27-10-7-14(8-11-27)17-12-24-21-15(17)5-3-9-23-21/h1-7,9,12-13H,8,10-11H2,(H,23,24). The van der Waals surface area contributed by atoms with Gasteiger partial charge in [0.25, 0.3) is 0 Å². The van der Waals surface area contributed by atoms with E-state index in [2.05, 4.69) is 43.2 Å². The molecular formula is C22H17N5O. The lowest BCUT2D eigenvalue weighted by Gasteiger charge is -2.27. The Balaban J connectivity index is 1.38. The molecule has 0 spiro atoms. The highest BCUT2D eigenvalue weighted by molar-refractivity contribution is 6.05. The van der Waals surface area contributed by atoms with Gasteiger partial charge in [-0.15, -0.1) is 0 Å². The molecule has 4 aromatic heterocycles. The van der Waals surface area contributed by atoms with E-state index in [9.17, 15) is 0 Å². The van der Waals surface area contributed by atoms with Gasteiger partial charge in [-0.1, -0.05) is 18.2 Å². The fraction of sp³-hybridized carbons (Fsp3) is 0.136. The molecule has 5 heterocycles. The van der Waals surface area contributed by atoms with Crippen molar-refractivity contribution < 1.29 is 4.42 Å². The number of hydrogen-bond donors (Lipinski definition) is 1. The number of hydrogen-bond acceptors (Lipinski definition) is 5. The molecule has 0 atom stereocenters. The molecule has 6 rings (SSSR count). The molecule has 136 valence electrons. The molecule has 0 radical (unpaired) electrons. The van der Waals surface area contributed by atoms with Gasteiger partial charge in [-0.05, 0) is 36.3 Å².